The molecule has 92 valence electrons. The van der Waals surface area contributed by atoms with Gasteiger partial charge in [0.05, 0.1) is 5.56 Å². The monoisotopic (exact) mass is 250 g/mol. The maximum Gasteiger partial charge on any atom is 0.129 e. The lowest BCUT2D eigenvalue weighted by atomic mass is 10.2. The topological polar surface area (TPSA) is 38.5 Å². The molecule has 0 spiro atoms. The zero-order chi connectivity index (χ0) is 12.1. The number of para-hydroxylation sites is 1. The van der Waals surface area contributed by atoms with Crippen LogP contribution in [0.4, 0.5) is 0 Å². The number of benzene rings is 1. The third kappa shape index (κ3) is 3.41. The first-order chi connectivity index (χ1) is 8.27. The van der Waals surface area contributed by atoms with Gasteiger partial charge in [0, 0.05) is 6.54 Å². The Balaban J connectivity index is 1.87. The van der Waals surface area contributed by atoms with Gasteiger partial charge in [-0.1, -0.05) is 24.4 Å². The second kappa shape index (κ2) is 5.98. The quantitative estimate of drug-likeness (QED) is 0.809. The van der Waals surface area contributed by atoms with Crippen LogP contribution in [0.25, 0.3) is 0 Å². The molecule has 0 aromatic heterocycles. The Labute approximate surface area is 108 Å². The van der Waals surface area contributed by atoms with Crippen molar-refractivity contribution in [1.29, 1.82) is 0 Å². The molecule has 17 heavy (non-hydrogen) atoms. The molecular formula is C13H18N2OS. The largest absolute Gasteiger partial charge is 0.492 e. The van der Waals surface area contributed by atoms with E-state index in [9.17, 15) is 0 Å². The number of hydrogen-bond donors (Lipinski definition) is 1. The summed E-state index contributed by atoms with van der Waals surface area (Å²) < 4.78 is 5.75. The maximum absolute atomic E-state index is 5.75. The highest BCUT2D eigenvalue weighted by molar-refractivity contribution is 7.80. The van der Waals surface area contributed by atoms with E-state index in [0.29, 0.717) is 11.6 Å². The van der Waals surface area contributed by atoms with Gasteiger partial charge in [-0.05, 0) is 38.1 Å². The Bertz CT molecular complexity index is 389. The Morgan fingerprint density at radius 3 is 2.71 bits per heavy atom. The molecule has 2 rings (SSSR count). The van der Waals surface area contributed by atoms with Crippen LogP contribution < -0.4 is 10.5 Å². The minimum atomic E-state index is 0.391. The maximum atomic E-state index is 5.75. The van der Waals surface area contributed by atoms with Crippen LogP contribution in [-0.2, 0) is 0 Å². The summed E-state index contributed by atoms with van der Waals surface area (Å²) in [7, 11) is 0. The fourth-order valence-corrected chi connectivity index (χ4v) is 2.26. The fraction of sp³-hybridized carbons (Fsp3) is 0.462. The number of likely N-dealkylation sites (tertiary alicyclic amines) is 1. The van der Waals surface area contributed by atoms with Crippen molar-refractivity contribution in [2.24, 2.45) is 5.73 Å². The van der Waals surface area contributed by atoms with Crippen molar-refractivity contribution in [1.82, 2.24) is 4.90 Å². The summed E-state index contributed by atoms with van der Waals surface area (Å²) in [5.74, 6) is 0.791. The summed E-state index contributed by atoms with van der Waals surface area (Å²) in [6.45, 7) is 4.06. The van der Waals surface area contributed by atoms with Crippen LogP contribution in [0.2, 0.25) is 0 Å². The highest BCUT2D eigenvalue weighted by Crippen LogP contribution is 2.17. The molecule has 1 aliphatic rings. The number of nitrogens with two attached hydrogens (primary N) is 1. The predicted octanol–water partition coefficient (Wildman–Crippen LogP) is 1.80. The van der Waals surface area contributed by atoms with Crippen LogP contribution in [0, 0.1) is 0 Å². The summed E-state index contributed by atoms with van der Waals surface area (Å²) in [4.78, 5) is 2.81. The standard InChI is InChI=1S/C13H18N2OS/c14-13(17)11-5-1-2-6-12(11)16-10-9-15-7-3-4-8-15/h1-2,5-6H,3-4,7-10H2,(H2,14,17). The summed E-state index contributed by atoms with van der Waals surface area (Å²) >= 11 is 4.99. The van der Waals surface area contributed by atoms with Crippen molar-refractivity contribution in [3.8, 4) is 5.75 Å². The molecule has 0 saturated carbocycles. The third-order valence-corrected chi connectivity index (χ3v) is 3.24. The van der Waals surface area contributed by atoms with E-state index in [2.05, 4.69) is 4.90 Å². The van der Waals surface area contributed by atoms with Crippen LogP contribution in [0.5, 0.6) is 5.75 Å². The van der Waals surface area contributed by atoms with Crippen molar-refractivity contribution in [2.45, 2.75) is 12.8 Å². The van der Waals surface area contributed by atoms with Crippen molar-refractivity contribution in [2.75, 3.05) is 26.2 Å². The van der Waals surface area contributed by atoms with E-state index >= 15 is 0 Å². The highest BCUT2D eigenvalue weighted by atomic mass is 32.1. The Morgan fingerprint density at radius 1 is 1.29 bits per heavy atom. The Hall–Kier alpha value is -1.13. The van der Waals surface area contributed by atoms with Crippen LogP contribution in [0.1, 0.15) is 18.4 Å². The average molecular weight is 250 g/mol. The number of rotatable bonds is 5. The van der Waals surface area contributed by atoms with Gasteiger partial charge in [0.25, 0.3) is 0 Å². The van der Waals surface area contributed by atoms with Gasteiger partial charge in [-0.15, -0.1) is 0 Å². The van der Waals surface area contributed by atoms with Gasteiger partial charge in [0.15, 0.2) is 0 Å². The molecule has 1 fully saturated rings. The lowest BCUT2D eigenvalue weighted by molar-refractivity contribution is 0.237. The zero-order valence-corrected chi connectivity index (χ0v) is 10.7. The molecule has 0 aliphatic carbocycles. The molecule has 1 heterocycles. The molecule has 0 atom stereocenters. The van der Waals surface area contributed by atoms with Gasteiger partial charge >= 0.3 is 0 Å². The summed E-state index contributed by atoms with van der Waals surface area (Å²) in [5.41, 5.74) is 6.47. The van der Waals surface area contributed by atoms with Gasteiger partial charge in [-0.3, -0.25) is 4.90 Å². The molecule has 1 aromatic carbocycles. The first-order valence-corrected chi connectivity index (χ1v) is 6.42. The number of ether oxygens (including phenoxy) is 1. The summed E-state index contributed by atoms with van der Waals surface area (Å²) in [5, 5.41) is 0. The molecule has 1 saturated heterocycles. The van der Waals surface area contributed by atoms with E-state index in [0.717, 1.165) is 17.9 Å². The first kappa shape index (κ1) is 12.3. The van der Waals surface area contributed by atoms with Gasteiger partial charge in [-0.2, -0.15) is 0 Å². The van der Waals surface area contributed by atoms with E-state index in [4.69, 9.17) is 22.7 Å². The van der Waals surface area contributed by atoms with Crippen molar-refractivity contribution >= 4 is 17.2 Å². The van der Waals surface area contributed by atoms with Crippen molar-refractivity contribution in [3.63, 3.8) is 0 Å². The fourth-order valence-electron chi connectivity index (χ4n) is 2.09. The molecule has 1 aliphatic heterocycles. The minimum Gasteiger partial charge on any atom is -0.492 e. The van der Waals surface area contributed by atoms with Gasteiger partial charge in [0.2, 0.25) is 0 Å². The second-order valence-electron chi connectivity index (χ2n) is 4.26. The average Bonchev–Trinajstić information content (AvgIpc) is 2.82. The molecule has 3 nitrogen and oxygen atoms in total. The lowest BCUT2D eigenvalue weighted by Crippen LogP contribution is -2.25. The molecule has 0 unspecified atom stereocenters. The summed E-state index contributed by atoms with van der Waals surface area (Å²) in [6, 6.07) is 7.67. The van der Waals surface area contributed by atoms with E-state index in [1.807, 2.05) is 24.3 Å². The van der Waals surface area contributed by atoms with Gasteiger partial charge in [-0.25, -0.2) is 0 Å². The van der Waals surface area contributed by atoms with Crippen molar-refractivity contribution in [3.05, 3.63) is 29.8 Å². The molecule has 1 aromatic rings. The smallest absolute Gasteiger partial charge is 0.129 e. The van der Waals surface area contributed by atoms with E-state index in [1.165, 1.54) is 25.9 Å². The number of thiocarbonyl (C=S) groups is 1. The lowest BCUT2D eigenvalue weighted by Gasteiger charge is -2.16. The van der Waals surface area contributed by atoms with Crippen LogP contribution in [-0.4, -0.2) is 36.1 Å². The number of hydrogen-bond acceptors (Lipinski definition) is 3. The Morgan fingerprint density at radius 2 is 2.00 bits per heavy atom. The zero-order valence-electron chi connectivity index (χ0n) is 9.89. The number of nitrogens with zero attached hydrogens (tertiary/aromatic N) is 1. The van der Waals surface area contributed by atoms with E-state index in [1.54, 1.807) is 0 Å². The van der Waals surface area contributed by atoms with E-state index in [-0.39, 0.29) is 0 Å². The van der Waals surface area contributed by atoms with Crippen LogP contribution >= 0.6 is 12.2 Å². The third-order valence-electron chi connectivity index (χ3n) is 3.02. The Kier molecular flexibility index (Phi) is 4.34. The molecule has 0 amide bonds. The second-order valence-corrected chi connectivity index (χ2v) is 4.70. The predicted molar refractivity (Wildman–Crippen MR) is 73.5 cm³/mol. The molecular weight excluding hydrogens is 232 g/mol. The van der Waals surface area contributed by atoms with Gasteiger partial charge < -0.3 is 10.5 Å². The summed E-state index contributed by atoms with van der Waals surface area (Å²) in [6.07, 6.45) is 2.62. The van der Waals surface area contributed by atoms with Crippen LogP contribution in [0.3, 0.4) is 0 Å². The van der Waals surface area contributed by atoms with E-state index < -0.39 is 0 Å². The molecule has 2 N–H and O–H groups in total. The van der Waals surface area contributed by atoms with Crippen LogP contribution in [0.15, 0.2) is 24.3 Å². The normalized spacial score (nSPS) is 16.0. The first-order valence-electron chi connectivity index (χ1n) is 6.01. The SMILES string of the molecule is NC(=S)c1ccccc1OCCN1CCCC1. The van der Waals surface area contributed by atoms with Crippen molar-refractivity contribution < 1.29 is 4.74 Å². The molecule has 0 radical (unpaired) electrons. The molecule has 4 heteroatoms. The highest BCUT2D eigenvalue weighted by Gasteiger charge is 2.11. The minimum absolute atomic E-state index is 0.391. The van der Waals surface area contributed by atoms with Gasteiger partial charge in [0.1, 0.15) is 17.3 Å². The molecule has 0 bridgehead atoms.